The molecule has 5 N–H and O–H groups in total. The maximum absolute atomic E-state index is 11.4. The first kappa shape index (κ1) is 11.5. The van der Waals surface area contributed by atoms with Crippen molar-refractivity contribution in [1.82, 2.24) is 4.72 Å². The molecule has 0 heterocycles. The summed E-state index contributed by atoms with van der Waals surface area (Å²) in [6, 6.07) is 6.04. The Hall–Kier alpha value is -1.60. The molecule has 0 atom stereocenters. The van der Waals surface area contributed by atoms with E-state index in [1.54, 1.807) is 12.1 Å². The first-order valence-corrected chi connectivity index (χ1v) is 5.58. The molecule has 1 aromatic carbocycles. The third-order valence-corrected chi connectivity index (χ3v) is 3.10. The largest absolute Gasteiger partial charge is 0.370 e. The summed E-state index contributed by atoms with van der Waals surface area (Å²) < 4.78 is 25.0. The smallest absolute Gasteiger partial charge is 0.240 e. The molecule has 0 saturated carbocycles. The van der Waals surface area contributed by atoms with Gasteiger partial charge in [0.25, 0.3) is 0 Å². The van der Waals surface area contributed by atoms with Crippen molar-refractivity contribution in [2.45, 2.75) is 4.90 Å². The molecule has 0 fully saturated rings. The van der Waals surface area contributed by atoms with Gasteiger partial charge in [0.05, 0.1) is 4.90 Å². The molecule has 82 valence electrons. The highest BCUT2D eigenvalue weighted by atomic mass is 32.2. The SMILES string of the molecule is CNS(=O)(=O)c1cccc(NC(=N)N)c1. The van der Waals surface area contributed by atoms with Gasteiger partial charge in [-0.15, -0.1) is 0 Å². The molecule has 1 rings (SSSR count). The molecule has 0 aliphatic carbocycles. The number of benzene rings is 1. The first-order valence-electron chi connectivity index (χ1n) is 4.10. The van der Waals surface area contributed by atoms with Gasteiger partial charge >= 0.3 is 0 Å². The zero-order valence-electron chi connectivity index (χ0n) is 8.11. The van der Waals surface area contributed by atoms with Crippen molar-refractivity contribution in [3.05, 3.63) is 24.3 Å². The monoisotopic (exact) mass is 228 g/mol. The number of guanidine groups is 1. The molecule has 0 amide bonds. The van der Waals surface area contributed by atoms with E-state index in [1.165, 1.54) is 19.2 Å². The molecule has 15 heavy (non-hydrogen) atoms. The average Bonchev–Trinajstić information content (AvgIpc) is 2.17. The van der Waals surface area contributed by atoms with Crippen molar-refractivity contribution in [1.29, 1.82) is 5.41 Å². The van der Waals surface area contributed by atoms with E-state index in [1.807, 2.05) is 0 Å². The minimum atomic E-state index is -3.46. The van der Waals surface area contributed by atoms with E-state index in [9.17, 15) is 8.42 Å². The molecule has 6 nitrogen and oxygen atoms in total. The molecule has 0 aliphatic rings. The minimum absolute atomic E-state index is 0.122. The second kappa shape index (κ2) is 4.28. The van der Waals surface area contributed by atoms with E-state index < -0.39 is 10.0 Å². The van der Waals surface area contributed by atoms with Crippen molar-refractivity contribution < 1.29 is 8.42 Å². The number of hydrogen-bond donors (Lipinski definition) is 4. The minimum Gasteiger partial charge on any atom is -0.370 e. The highest BCUT2D eigenvalue weighted by Gasteiger charge is 2.11. The van der Waals surface area contributed by atoms with Crippen molar-refractivity contribution >= 4 is 21.7 Å². The van der Waals surface area contributed by atoms with E-state index in [0.29, 0.717) is 5.69 Å². The third-order valence-electron chi connectivity index (χ3n) is 1.69. The Kier molecular flexibility index (Phi) is 3.28. The molecule has 1 aromatic rings. The molecule has 0 unspecified atom stereocenters. The quantitative estimate of drug-likeness (QED) is 0.428. The molecule has 0 saturated heterocycles. The van der Waals surface area contributed by atoms with Gasteiger partial charge in [-0.2, -0.15) is 0 Å². The number of rotatable bonds is 3. The molecule has 0 radical (unpaired) electrons. The number of sulfonamides is 1. The first-order chi connectivity index (χ1) is 6.95. The van der Waals surface area contributed by atoms with Crippen LogP contribution < -0.4 is 15.8 Å². The van der Waals surface area contributed by atoms with Gasteiger partial charge in [0.1, 0.15) is 0 Å². The fourth-order valence-electron chi connectivity index (χ4n) is 1.01. The lowest BCUT2D eigenvalue weighted by molar-refractivity contribution is 0.588. The van der Waals surface area contributed by atoms with E-state index in [-0.39, 0.29) is 10.9 Å². The molecule has 7 heteroatoms. The van der Waals surface area contributed by atoms with Crippen molar-refractivity contribution in [2.75, 3.05) is 12.4 Å². The van der Waals surface area contributed by atoms with Crippen LogP contribution >= 0.6 is 0 Å². The van der Waals surface area contributed by atoms with Gasteiger partial charge in [-0.25, -0.2) is 13.1 Å². The topological polar surface area (TPSA) is 108 Å². The zero-order chi connectivity index (χ0) is 11.5. The summed E-state index contributed by atoms with van der Waals surface area (Å²) >= 11 is 0. The summed E-state index contributed by atoms with van der Waals surface area (Å²) in [5.74, 6) is -0.242. The Balaban J connectivity index is 3.08. The Morgan fingerprint density at radius 2 is 2.13 bits per heavy atom. The Bertz CT molecular complexity index is 469. The van der Waals surface area contributed by atoms with E-state index >= 15 is 0 Å². The molecule has 0 aliphatic heterocycles. The summed E-state index contributed by atoms with van der Waals surface area (Å²) in [6.45, 7) is 0. The normalized spacial score (nSPS) is 11.0. The Morgan fingerprint density at radius 1 is 1.47 bits per heavy atom. The van der Waals surface area contributed by atoms with Crippen molar-refractivity contribution in [3.8, 4) is 0 Å². The van der Waals surface area contributed by atoms with Gasteiger partial charge in [-0.1, -0.05) is 6.07 Å². The second-order valence-electron chi connectivity index (χ2n) is 2.77. The average molecular weight is 228 g/mol. The summed E-state index contributed by atoms with van der Waals surface area (Å²) in [4.78, 5) is 0.122. The molecular formula is C8H12N4O2S. The second-order valence-corrected chi connectivity index (χ2v) is 4.66. The lowest BCUT2D eigenvalue weighted by Crippen LogP contribution is -2.21. The van der Waals surface area contributed by atoms with Crippen LogP contribution in [0.3, 0.4) is 0 Å². The number of nitrogens with two attached hydrogens (primary N) is 1. The Morgan fingerprint density at radius 3 is 2.67 bits per heavy atom. The van der Waals surface area contributed by atoms with Crippen molar-refractivity contribution in [2.24, 2.45) is 5.73 Å². The van der Waals surface area contributed by atoms with E-state index in [4.69, 9.17) is 11.1 Å². The highest BCUT2D eigenvalue weighted by Crippen LogP contribution is 2.14. The Labute approximate surface area is 88.0 Å². The van der Waals surface area contributed by atoms with Crippen molar-refractivity contribution in [3.63, 3.8) is 0 Å². The van der Waals surface area contributed by atoms with Crippen LogP contribution in [0.2, 0.25) is 0 Å². The predicted molar refractivity (Wildman–Crippen MR) is 58.2 cm³/mol. The lowest BCUT2D eigenvalue weighted by Gasteiger charge is -2.06. The number of nitrogens with one attached hydrogen (secondary N) is 3. The molecule has 0 aromatic heterocycles. The van der Waals surface area contributed by atoms with Gasteiger partial charge in [0.15, 0.2) is 5.96 Å². The van der Waals surface area contributed by atoms with Crippen LogP contribution in [0.4, 0.5) is 5.69 Å². The van der Waals surface area contributed by atoms with Crippen LogP contribution in [0.1, 0.15) is 0 Å². The van der Waals surface area contributed by atoms with Gasteiger partial charge < -0.3 is 11.1 Å². The summed E-state index contributed by atoms with van der Waals surface area (Å²) in [6.07, 6.45) is 0. The standard InChI is InChI=1S/C8H12N4O2S/c1-11-15(13,14)7-4-2-3-6(5-7)12-8(9)10/h2-5,11H,1H3,(H4,9,10,12). The highest BCUT2D eigenvalue weighted by molar-refractivity contribution is 7.89. The van der Waals surface area contributed by atoms with E-state index in [2.05, 4.69) is 10.0 Å². The zero-order valence-corrected chi connectivity index (χ0v) is 8.93. The van der Waals surface area contributed by atoms with Crippen LogP contribution in [-0.2, 0) is 10.0 Å². The van der Waals surface area contributed by atoms with Crippen LogP contribution in [0, 0.1) is 5.41 Å². The maximum atomic E-state index is 11.4. The van der Waals surface area contributed by atoms with Gasteiger partial charge in [-0.3, -0.25) is 5.41 Å². The van der Waals surface area contributed by atoms with Gasteiger partial charge in [0, 0.05) is 5.69 Å². The summed E-state index contributed by atoms with van der Waals surface area (Å²) in [5, 5.41) is 9.51. The van der Waals surface area contributed by atoms with Crippen LogP contribution in [0.5, 0.6) is 0 Å². The molecule has 0 spiro atoms. The van der Waals surface area contributed by atoms with Gasteiger partial charge in [-0.05, 0) is 25.2 Å². The summed E-state index contributed by atoms with van der Waals surface area (Å²) in [5.41, 5.74) is 5.58. The maximum Gasteiger partial charge on any atom is 0.240 e. The molecule has 0 bridgehead atoms. The predicted octanol–water partition coefficient (Wildman–Crippen LogP) is -0.0999. The van der Waals surface area contributed by atoms with Crippen LogP contribution in [-0.4, -0.2) is 21.4 Å². The molecular weight excluding hydrogens is 216 g/mol. The number of hydrogen-bond acceptors (Lipinski definition) is 3. The fraction of sp³-hybridized carbons (Fsp3) is 0.125. The fourth-order valence-corrected chi connectivity index (χ4v) is 1.79. The summed E-state index contributed by atoms with van der Waals surface area (Å²) in [7, 11) is -2.12. The third kappa shape index (κ3) is 2.93. The van der Waals surface area contributed by atoms with E-state index in [0.717, 1.165) is 0 Å². The van der Waals surface area contributed by atoms with Gasteiger partial charge in [0.2, 0.25) is 10.0 Å². The van der Waals surface area contributed by atoms with Crippen LogP contribution in [0.25, 0.3) is 0 Å². The lowest BCUT2D eigenvalue weighted by atomic mass is 10.3. The van der Waals surface area contributed by atoms with Crippen LogP contribution in [0.15, 0.2) is 29.2 Å². The number of anilines is 1.